The van der Waals surface area contributed by atoms with E-state index >= 15 is 0 Å². The number of rotatable bonds is 7. The van der Waals surface area contributed by atoms with E-state index in [-0.39, 0.29) is 10.1 Å². The van der Waals surface area contributed by atoms with Crippen LogP contribution in [0.5, 0.6) is 0 Å². The van der Waals surface area contributed by atoms with Gasteiger partial charge in [-0.15, -0.1) is 11.3 Å². The predicted molar refractivity (Wildman–Crippen MR) is 78.4 cm³/mol. The highest BCUT2D eigenvalue weighted by atomic mass is 32.2. The highest BCUT2D eigenvalue weighted by Crippen LogP contribution is 2.25. The molecule has 0 fully saturated rings. The Hall–Kier alpha value is -0.960. The molecule has 3 N–H and O–H groups in total. The molecule has 20 heavy (non-hydrogen) atoms. The van der Waals surface area contributed by atoms with E-state index in [1.807, 2.05) is 13.8 Å². The van der Waals surface area contributed by atoms with Crippen molar-refractivity contribution in [2.75, 3.05) is 19.8 Å². The van der Waals surface area contributed by atoms with E-state index in [4.69, 9.17) is 9.88 Å². The summed E-state index contributed by atoms with van der Waals surface area (Å²) in [4.78, 5) is 11.9. The molecule has 0 aliphatic rings. The van der Waals surface area contributed by atoms with Crippen molar-refractivity contribution in [2.45, 2.75) is 25.0 Å². The van der Waals surface area contributed by atoms with Crippen LogP contribution in [0.1, 0.15) is 29.8 Å². The van der Waals surface area contributed by atoms with Gasteiger partial charge in [-0.2, -0.15) is 0 Å². The highest BCUT2D eigenvalue weighted by Gasteiger charge is 2.20. The maximum absolute atomic E-state index is 11.9. The van der Waals surface area contributed by atoms with Crippen molar-refractivity contribution >= 4 is 27.3 Å². The van der Waals surface area contributed by atoms with E-state index in [2.05, 4.69) is 5.32 Å². The second kappa shape index (κ2) is 7.16. The third-order valence-corrected chi connectivity index (χ3v) is 5.16. The fourth-order valence-corrected chi connectivity index (χ4v) is 3.57. The number of carbonyl (C=O) groups is 1. The van der Waals surface area contributed by atoms with Crippen molar-refractivity contribution < 1.29 is 17.9 Å². The summed E-state index contributed by atoms with van der Waals surface area (Å²) in [7, 11) is -3.77. The summed E-state index contributed by atoms with van der Waals surface area (Å²) in [6, 6.07) is 0. The first-order valence-electron chi connectivity index (χ1n) is 6.20. The SMILES string of the molecule is Cc1c(C(=O)NCCOCC(C)C)csc1S(N)(=O)=O. The van der Waals surface area contributed by atoms with Crippen LogP contribution < -0.4 is 10.5 Å². The first kappa shape index (κ1) is 17.1. The minimum absolute atomic E-state index is 0.0266. The lowest BCUT2D eigenvalue weighted by atomic mass is 10.2. The Labute approximate surface area is 123 Å². The van der Waals surface area contributed by atoms with Crippen LogP contribution in [0.4, 0.5) is 0 Å². The lowest BCUT2D eigenvalue weighted by molar-refractivity contribution is 0.0886. The predicted octanol–water partition coefficient (Wildman–Crippen LogP) is 1.11. The largest absolute Gasteiger partial charge is 0.379 e. The van der Waals surface area contributed by atoms with Crippen molar-refractivity contribution in [3.8, 4) is 0 Å². The summed E-state index contributed by atoms with van der Waals surface area (Å²) in [5, 5.41) is 9.25. The Bertz CT molecular complexity index is 564. The van der Waals surface area contributed by atoms with Gasteiger partial charge in [0.05, 0.1) is 12.2 Å². The average molecular weight is 320 g/mol. The zero-order chi connectivity index (χ0) is 15.3. The van der Waals surface area contributed by atoms with Crippen molar-refractivity contribution in [1.29, 1.82) is 0 Å². The van der Waals surface area contributed by atoms with E-state index in [0.717, 1.165) is 11.3 Å². The number of thiophene rings is 1. The van der Waals surface area contributed by atoms with Gasteiger partial charge < -0.3 is 10.1 Å². The van der Waals surface area contributed by atoms with Crippen molar-refractivity contribution in [3.63, 3.8) is 0 Å². The molecule has 0 aliphatic carbocycles. The Morgan fingerprint density at radius 3 is 2.65 bits per heavy atom. The summed E-state index contributed by atoms with van der Waals surface area (Å²) in [5.41, 5.74) is 0.723. The van der Waals surface area contributed by atoms with Crippen molar-refractivity contribution in [2.24, 2.45) is 11.1 Å². The first-order chi connectivity index (χ1) is 9.23. The summed E-state index contributed by atoms with van der Waals surface area (Å²) in [6.45, 7) is 7.11. The third kappa shape index (κ3) is 4.86. The zero-order valence-electron chi connectivity index (χ0n) is 11.8. The molecule has 0 saturated carbocycles. The number of primary sulfonamides is 1. The Kier molecular flexibility index (Phi) is 6.12. The van der Waals surface area contributed by atoms with Crippen LogP contribution in [0.3, 0.4) is 0 Å². The summed E-state index contributed by atoms with van der Waals surface area (Å²) in [6.07, 6.45) is 0. The number of sulfonamides is 1. The highest BCUT2D eigenvalue weighted by molar-refractivity contribution is 7.91. The molecule has 8 heteroatoms. The third-order valence-electron chi connectivity index (χ3n) is 2.48. The number of ether oxygens (including phenoxy) is 1. The number of nitrogens with two attached hydrogens (primary N) is 1. The molecule has 1 aromatic heterocycles. The lowest BCUT2D eigenvalue weighted by Crippen LogP contribution is -2.28. The van der Waals surface area contributed by atoms with E-state index in [1.54, 1.807) is 6.92 Å². The molecule has 0 spiro atoms. The minimum Gasteiger partial charge on any atom is -0.379 e. The van der Waals surface area contributed by atoms with Gasteiger partial charge in [0, 0.05) is 18.5 Å². The van der Waals surface area contributed by atoms with Crippen molar-refractivity contribution in [3.05, 3.63) is 16.5 Å². The van der Waals surface area contributed by atoms with Crippen molar-refractivity contribution in [1.82, 2.24) is 5.32 Å². The molecular formula is C12H20N2O4S2. The summed E-state index contributed by atoms with van der Waals surface area (Å²) >= 11 is 0.954. The molecule has 6 nitrogen and oxygen atoms in total. The maximum Gasteiger partial charge on any atom is 0.252 e. The van der Waals surface area contributed by atoms with Gasteiger partial charge in [-0.1, -0.05) is 13.8 Å². The van der Waals surface area contributed by atoms with Gasteiger partial charge in [-0.25, -0.2) is 13.6 Å². The van der Waals surface area contributed by atoms with Gasteiger partial charge in [0.15, 0.2) is 0 Å². The second-order valence-electron chi connectivity index (χ2n) is 4.83. The second-order valence-corrected chi connectivity index (χ2v) is 7.47. The average Bonchev–Trinajstić information content (AvgIpc) is 2.69. The van der Waals surface area contributed by atoms with E-state index in [1.165, 1.54) is 5.38 Å². The Balaban J connectivity index is 2.55. The summed E-state index contributed by atoms with van der Waals surface area (Å²) < 4.78 is 27.9. The van der Waals surface area contributed by atoms with Gasteiger partial charge in [0.25, 0.3) is 5.91 Å². The van der Waals surface area contributed by atoms with Crippen LogP contribution in [0.15, 0.2) is 9.59 Å². The normalized spacial score (nSPS) is 11.8. The molecule has 0 bridgehead atoms. The van der Waals surface area contributed by atoms with Gasteiger partial charge in [0.2, 0.25) is 10.0 Å². The minimum atomic E-state index is -3.77. The lowest BCUT2D eigenvalue weighted by Gasteiger charge is -2.08. The molecule has 0 aromatic carbocycles. The molecule has 0 unspecified atom stereocenters. The fourth-order valence-electron chi connectivity index (χ4n) is 1.55. The molecular weight excluding hydrogens is 300 g/mol. The first-order valence-corrected chi connectivity index (χ1v) is 8.63. The van der Waals surface area contributed by atoms with Crippen LogP contribution in [0.25, 0.3) is 0 Å². The molecule has 1 heterocycles. The molecule has 0 saturated heterocycles. The number of carbonyl (C=O) groups excluding carboxylic acids is 1. The van der Waals surface area contributed by atoms with Crippen LogP contribution in [-0.4, -0.2) is 34.1 Å². The zero-order valence-corrected chi connectivity index (χ0v) is 13.4. The molecule has 114 valence electrons. The Morgan fingerprint density at radius 2 is 2.15 bits per heavy atom. The van der Waals surface area contributed by atoms with Crippen LogP contribution >= 0.6 is 11.3 Å². The van der Waals surface area contributed by atoms with Gasteiger partial charge >= 0.3 is 0 Å². The van der Waals surface area contributed by atoms with E-state index in [0.29, 0.717) is 36.8 Å². The number of nitrogens with one attached hydrogen (secondary N) is 1. The van der Waals surface area contributed by atoms with E-state index < -0.39 is 10.0 Å². The van der Waals surface area contributed by atoms with E-state index in [9.17, 15) is 13.2 Å². The van der Waals surface area contributed by atoms with Gasteiger partial charge in [-0.05, 0) is 18.4 Å². The molecule has 0 radical (unpaired) electrons. The fraction of sp³-hybridized carbons (Fsp3) is 0.583. The molecule has 1 aromatic rings. The monoisotopic (exact) mass is 320 g/mol. The van der Waals surface area contributed by atoms with Crippen LogP contribution in [-0.2, 0) is 14.8 Å². The molecule has 1 rings (SSSR count). The standard InChI is InChI=1S/C12H20N2O4S2/c1-8(2)6-18-5-4-14-11(15)10-7-19-12(9(10)3)20(13,16)17/h7-8H,4-6H2,1-3H3,(H,14,15)(H2,13,16,17). The number of hydrogen-bond acceptors (Lipinski definition) is 5. The topological polar surface area (TPSA) is 98.5 Å². The smallest absolute Gasteiger partial charge is 0.252 e. The van der Waals surface area contributed by atoms with Gasteiger partial charge in [0.1, 0.15) is 4.21 Å². The summed E-state index contributed by atoms with van der Waals surface area (Å²) in [5.74, 6) is 0.129. The Morgan fingerprint density at radius 1 is 1.50 bits per heavy atom. The van der Waals surface area contributed by atoms with Crippen LogP contribution in [0, 0.1) is 12.8 Å². The maximum atomic E-state index is 11.9. The van der Waals surface area contributed by atoms with Crippen LogP contribution in [0.2, 0.25) is 0 Å². The quantitative estimate of drug-likeness (QED) is 0.735. The molecule has 1 amide bonds. The number of hydrogen-bond donors (Lipinski definition) is 2. The molecule has 0 atom stereocenters. The van der Waals surface area contributed by atoms with Gasteiger partial charge in [-0.3, -0.25) is 4.79 Å². The number of amides is 1. The molecule has 0 aliphatic heterocycles.